The van der Waals surface area contributed by atoms with Crippen LogP contribution in [0.5, 0.6) is 0 Å². The number of carbonyl (C=O) groups is 1. The summed E-state index contributed by atoms with van der Waals surface area (Å²) in [6.07, 6.45) is 3.39. The van der Waals surface area contributed by atoms with Crippen LogP contribution < -0.4 is 10.6 Å². The van der Waals surface area contributed by atoms with Gasteiger partial charge in [0, 0.05) is 11.7 Å². The summed E-state index contributed by atoms with van der Waals surface area (Å²) in [7, 11) is 0. The number of halogens is 1. The van der Waals surface area contributed by atoms with Crippen molar-refractivity contribution in [2.75, 3.05) is 5.32 Å². The molecule has 0 bridgehead atoms. The lowest BCUT2D eigenvalue weighted by Gasteiger charge is -2.34. The summed E-state index contributed by atoms with van der Waals surface area (Å²) in [5.74, 6) is 0.762. The number of carbonyl (C=O) groups excluding carboxylic acids is 1. The number of urea groups is 1. The van der Waals surface area contributed by atoms with Crippen molar-refractivity contribution < 1.29 is 9.18 Å². The van der Waals surface area contributed by atoms with Crippen molar-refractivity contribution in [1.29, 1.82) is 0 Å². The van der Waals surface area contributed by atoms with E-state index < -0.39 is 0 Å². The quantitative estimate of drug-likeness (QED) is 0.838. The molecule has 1 aliphatic rings. The Bertz CT molecular complexity index is 450. The number of benzene rings is 1. The normalized spacial score (nSPS) is 26.8. The van der Waals surface area contributed by atoms with Gasteiger partial charge >= 0.3 is 6.03 Å². The van der Waals surface area contributed by atoms with Gasteiger partial charge in [-0.05, 0) is 36.5 Å². The molecule has 1 aliphatic carbocycles. The van der Waals surface area contributed by atoms with Crippen molar-refractivity contribution in [2.24, 2.45) is 11.8 Å². The molecule has 3 nitrogen and oxygen atoms in total. The number of rotatable bonds is 2. The highest BCUT2D eigenvalue weighted by molar-refractivity contribution is 5.89. The number of anilines is 1. The summed E-state index contributed by atoms with van der Waals surface area (Å²) < 4.78 is 13.0. The summed E-state index contributed by atoms with van der Waals surface area (Å²) in [5, 5.41) is 5.67. The molecule has 0 aliphatic heterocycles. The maximum atomic E-state index is 13.0. The van der Waals surface area contributed by atoms with E-state index in [1.54, 1.807) is 12.1 Å². The SMILES string of the molecule is CC1CCCC(NC(=O)Nc2cccc(F)c2)C1C. The molecule has 0 saturated heterocycles. The fourth-order valence-electron chi connectivity index (χ4n) is 2.69. The molecule has 104 valence electrons. The number of hydrogen-bond donors (Lipinski definition) is 2. The van der Waals surface area contributed by atoms with Crippen molar-refractivity contribution in [3.05, 3.63) is 30.1 Å². The molecule has 2 rings (SSSR count). The van der Waals surface area contributed by atoms with Gasteiger partial charge < -0.3 is 10.6 Å². The molecule has 3 unspecified atom stereocenters. The van der Waals surface area contributed by atoms with Gasteiger partial charge in [-0.1, -0.05) is 32.8 Å². The first-order valence-electron chi connectivity index (χ1n) is 6.89. The van der Waals surface area contributed by atoms with Crippen LogP contribution in [0, 0.1) is 17.7 Å². The summed E-state index contributed by atoms with van der Waals surface area (Å²) in [6.45, 7) is 4.40. The lowest BCUT2D eigenvalue weighted by atomic mass is 9.78. The number of hydrogen-bond acceptors (Lipinski definition) is 1. The zero-order valence-electron chi connectivity index (χ0n) is 11.4. The molecule has 0 radical (unpaired) electrons. The summed E-state index contributed by atoms with van der Waals surface area (Å²) in [6, 6.07) is 5.88. The first-order valence-corrected chi connectivity index (χ1v) is 6.89. The number of nitrogens with one attached hydrogen (secondary N) is 2. The van der Waals surface area contributed by atoms with Crippen molar-refractivity contribution in [3.63, 3.8) is 0 Å². The smallest absolute Gasteiger partial charge is 0.319 e. The molecule has 19 heavy (non-hydrogen) atoms. The highest BCUT2D eigenvalue weighted by Crippen LogP contribution is 2.29. The van der Waals surface area contributed by atoms with Gasteiger partial charge in [-0.25, -0.2) is 9.18 Å². The van der Waals surface area contributed by atoms with E-state index in [0.29, 0.717) is 17.5 Å². The third kappa shape index (κ3) is 3.69. The average Bonchev–Trinajstić information content (AvgIpc) is 2.35. The lowest BCUT2D eigenvalue weighted by molar-refractivity contribution is 0.201. The molecule has 1 saturated carbocycles. The average molecular weight is 264 g/mol. The van der Waals surface area contributed by atoms with Gasteiger partial charge in [-0.3, -0.25) is 0 Å². The molecule has 3 atom stereocenters. The van der Waals surface area contributed by atoms with Crippen LogP contribution in [0.3, 0.4) is 0 Å². The minimum absolute atomic E-state index is 0.206. The second kappa shape index (κ2) is 6.04. The molecule has 4 heteroatoms. The summed E-state index contributed by atoms with van der Waals surface area (Å²) >= 11 is 0. The van der Waals surface area contributed by atoms with Crippen LogP contribution in [0.15, 0.2) is 24.3 Å². The Balaban J connectivity index is 1.90. The topological polar surface area (TPSA) is 41.1 Å². The Morgan fingerprint density at radius 2 is 2.11 bits per heavy atom. The molecule has 1 fully saturated rings. The molecule has 2 N–H and O–H groups in total. The van der Waals surface area contributed by atoms with Gasteiger partial charge in [0.2, 0.25) is 0 Å². The van der Waals surface area contributed by atoms with E-state index in [4.69, 9.17) is 0 Å². The second-order valence-corrected chi connectivity index (χ2v) is 5.48. The second-order valence-electron chi connectivity index (χ2n) is 5.48. The Hall–Kier alpha value is -1.58. The van der Waals surface area contributed by atoms with Crippen LogP contribution in [0.1, 0.15) is 33.1 Å². The molecular weight excluding hydrogens is 243 g/mol. The zero-order chi connectivity index (χ0) is 13.8. The zero-order valence-corrected chi connectivity index (χ0v) is 11.4. The fraction of sp³-hybridized carbons (Fsp3) is 0.533. The van der Waals surface area contributed by atoms with Crippen LogP contribution in [-0.2, 0) is 0 Å². The standard InChI is InChI=1S/C15H21FN2O/c1-10-5-3-8-14(11(10)2)18-15(19)17-13-7-4-6-12(16)9-13/h4,6-7,9-11,14H,3,5,8H2,1-2H3,(H2,17,18,19). The van der Waals surface area contributed by atoms with E-state index in [-0.39, 0.29) is 17.9 Å². The summed E-state index contributed by atoms with van der Waals surface area (Å²) in [4.78, 5) is 11.9. The molecule has 0 spiro atoms. The fourth-order valence-corrected chi connectivity index (χ4v) is 2.69. The van der Waals surface area contributed by atoms with Crippen LogP contribution in [0.2, 0.25) is 0 Å². The minimum Gasteiger partial charge on any atom is -0.335 e. The van der Waals surface area contributed by atoms with E-state index in [2.05, 4.69) is 24.5 Å². The maximum Gasteiger partial charge on any atom is 0.319 e. The van der Waals surface area contributed by atoms with Gasteiger partial charge in [0.1, 0.15) is 5.82 Å². The van der Waals surface area contributed by atoms with Crippen molar-refractivity contribution >= 4 is 11.7 Å². The maximum absolute atomic E-state index is 13.0. The molecule has 0 heterocycles. The van der Waals surface area contributed by atoms with Crippen molar-refractivity contribution in [1.82, 2.24) is 5.32 Å². The Morgan fingerprint density at radius 3 is 2.84 bits per heavy atom. The molecule has 0 aromatic heterocycles. The van der Waals surface area contributed by atoms with Crippen molar-refractivity contribution in [2.45, 2.75) is 39.2 Å². The van der Waals surface area contributed by atoms with E-state index >= 15 is 0 Å². The van der Waals surface area contributed by atoms with E-state index in [1.807, 2.05) is 0 Å². The lowest BCUT2D eigenvalue weighted by Crippen LogP contribution is -2.45. The first-order chi connectivity index (χ1) is 9.06. The van der Waals surface area contributed by atoms with Gasteiger partial charge in [0.05, 0.1) is 0 Å². The van der Waals surface area contributed by atoms with Crippen LogP contribution in [0.25, 0.3) is 0 Å². The van der Waals surface area contributed by atoms with Crippen LogP contribution in [-0.4, -0.2) is 12.1 Å². The molecular formula is C15H21FN2O. The van der Waals surface area contributed by atoms with Gasteiger partial charge in [-0.15, -0.1) is 0 Å². The van der Waals surface area contributed by atoms with Gasteiger partial charge in [0.25, 0.3) is 0 Å². The van der Waals surface area contributed by atoms with Crippen molar-refractivity contribution in [3.8, 4) is 0 Å². The van der Waals surface area contributed by atoms with E-state index in [0.717, 1.165) is 12.8 Å². The highest BCUT2D eigenvalue weighted by Gasteiger charge is 2.28. The summed E-state index contributed by atoms with van der Waals surface area (Å²) in [5.41, 5.74) is 0.481. The van der Waals surface area contributed by atoms with E-state index in [9.17, 15) is 9.18 Å². The van der Waals surface area contributed by atoms with Gasteiger partial charge in [-0.2, -0.15) is 0 Å². The van der Waals surface area contributed by atoms with Gasteiger partial charge in [0.15, 0.2) is 0 Å². The minimum atomic E-state index is -0.350. The predicted molar refractivity (Wildman–Crippen MR) is 74.5 cm³/mol. The monoisotopic (exact) mass is 264 g/mol. The molecule has 2 amide bonds. The third-order valence-corrected chi connectivity index (χ3v) is 4.11. The highest BCUT2D eigenvalue weighted by atomic mass is 19.1. The largest absolute Gasteiger partial charge is 0.335 e. The third-order valence-electron chi connectivity index (χ3n) is 4.11. The van der Waals surface area contributed by atoms with Crippen LogP contribution >= 0.6 is 0 Å². The van der Waals surface area contributed by atoms with E-state index in [1.165, 1.54) is 18.6 Å². The predicted octanol–water partition coefficient (Wildman–Crippen LogP) is 3.77. The first kappa shape index (κ1) is 13.8. The van der Waals surface area contributed by atoms with Crippen LogP contribution in [0.4, 0.5) is 14.9 Å². The Morgan fingerprint density at radius 1 is 1.32 bits per heavy atom. The molecule has 1 aromatic carbocycles. The number of amides is 2. The Labute approximate surface area is 113 Å². The molecule has 1 aromatic rings. The Kier molecular flexibility index (Phi) is 4.40.